The molecule has 3 aromatic rings. The van der Waals surface area contributed by atoms with Gasteiger partial charge in [-0.1, -0.05) is 24.3 Å². The van der Waals surface area contributed by atoms with Gasteiger partial charge in [0.25, 0.3) is 0 Å². The summed E-state index contributed by atoms with van der Waals surface area (Å²) in [5.74, 6) is -1.14. The van der Waals surface area contributed by atoms with E-state index in [-0.39, 0.29) is 11.3 Å². The van der Waals surface area contributed by atoms with E-state index in [9.17, 15) is 18.0 Å². The van der Waals surface area contributed by atoms with Crippen LogP contribution < -0.4 is 0 Å². The maximum atomic E-state index is 13.3. The molecule has 2 aromatic heterocycles. The topological polar surface area (TPSA) is 57.0 Å². The highest BCUT2D eigenvalue weighted by molar-refractivity contribution is 6.02. The van der Waals surface area contributed by atoms with Crippen LogP contribution in [0.25, 0.3) is 10.8 Å². The Kier molecular flexibility index (Phi) is 3.96. The molecule has 124 valence electrons. The van der Waals surface area contributed by atoms with Crippen molar-refractivity contribution in [1.82, 2.24) is 14.8 Å². The van der Waals surface area contributed by atoms with Gasteiger partial charge in [-0.25, -0.2) is 9.78 Å². The number of halogens is 3. The fourth-order valence-corrected chi connectivity index (χ4v) is 2.34. The zero-order valence-corrected chi connectivity index (χ0v) is 12.5. The first kappa shape index (κ1) is 16.0. The third-order valence-electron chi connectivity index (χ3n) is 3.42. The predicted octanol–water partition coefficient (Wildman–Crippen LogP) is 3.43. The smallest absolute Gasteiger partial charge is 0.429 e. The summed E-state index contributed by atoms with van der Waals surface area (Å²) in [4.78, 5) is 16.2. The van der Waals surface area contributed by atoms with Gasteiger partial charge < -0.3 is 4.74 Å². The van der Waals surface area contributed by atoms with Crippen LogP contribution in [0.4, 0.5) is 13.2 Å². The maximum Gasteiger partial charge on any atom is 0.429 e. The van der Waals surface area contributed by atoms with E-state index in [1.807, 2.05) is 0 Å². The minimum atomic E-state index is -4.76. The Morgan fingerprint density at radius 3 is 2.67 bits per heavy atom. The van der Waals surface area contributed by atoms with E-state index >= 15 is 0 Å². The number of nitrogens with zero attached hydrogens (tertiary/aromatic N) is 3. The molecule has 0 unspecified atom stereocenters. The monoisotopic (exact) mass is 335 g/mol. The molecule has 1 aromatic carbocycles. The summed E-state index contributed by atoms with van der Waals surface area (Å²) in [7, 11) is 1.48. The lowest BCUT2D eigenvalue weighted by atomic mass is 10.1. The Morgan fingerprint density at radius 2 is 2.00 bits per heavy atom. The zero-order valence-electron chi connectivity index (χ0n) is 12.5. The molecule has 0 N–H and O–H groups in total. The Balaban J connectivity index is 1.96. The highest BCUT2D eigenvalue weighted by Crippen LogP contribution is 2.36. The van der Waals surface area contributed by atoms with Crippen molar-refractivity contribution in [3.63, 3.8) is 0 Å². The molecule has 5 nitrogen and oxygen atoms in total. The maximum absolute atomic E-state index is 13.3. The standard InChI is InChI=1S/C16H12F3N3O2/c1-22-9-11(8-21-22)14(16(17,18)19)24-15(23)13-12-5-3-2-4-10(12)6-7-20-13/h2-9,14H,1H3/t14-/m0/s1. The van der Waals surface area contributed by atoms with Crippen LogP contribution in [0.3, 0.4) is 0 Å². The molecule has 0 saturated carbocycles. The number of aromatic nitrogens is 3. The average Bonchev–Trinajstić information content (AvgIpc) is 2.96. The molecule has 8 heteroatoms. The molecule has 2 heterocycles. The number of aryl methyl sites for hydroxylation is 1. The number of carbonyl (C=O) groups excluding carboxylic acids is 1. The fraction of sp³-hybridized carbons (Fsp3) is 0.188. The number of carbonyl (C=O) groups is 1. The quantitative estimate of drug-likeness (QED) is 0.688. The second-order valence-electron chi connectivity index (χ2n) is 5.15. The van der Waals surface area contributed by atoms with Crippen LogP contribution in [-0.4, -0.2) is 26.9 Å². The fourth-order valence-electron chi connectivity index (χ4n) is 2.34. The van der Waals surface area contributed by atoms with E-state index in [0.717, 1.165) is 12.4 Å². The minimum Gasteiger partial charge on any atom is -0.443 e. The van der Waals surface area contributed by atoms with Gasteiger partial charge in [-0.15, -0.1) is 0 Å². The Labute approximate surface area is 134 Å². The number of alkyl halides is 3. The number of ether oxygens (including phenoxy) is 1. The highest BCUT2D eigenvalue weighted by atomic mass is 19.4. The van der Waals surface area contributed by atoms with Crippen LogP contribution >= 0.6 is 0 Å². The van der Waals surface area contributed by atoms with Crippen LogP contribution in [0.1, 0.15) is 22.2 Å². The SMILES string of the molecule is Cn1cc([C@H](OC(=O)c2nccc3ccccc23)C(F)(F)F)cn1. The van der Waals surface area contributed by atoms with Crippen LogP contribution in [0.2, 0.25) is 0 Å². The molecule has 3 rings (SSSR count). The van der Waals surface area contributed by atoms with Crippen molar-refractivity contribution in [3.05, 3.63) is 60.2 Å². The largest absolute Gasteiger partial charge is 0.443 e. The molecule has 24 heavy (non-hydrogen) atoms. The van der Waals surface area contributed by atoms with E-state index in [1.165, 1.54) is 17.9 Å². The van der Waals surface area contributed by atoms with Gasteiger partial charge in [-0.05, 0) is 11.5 Å². The first-order valence-corrected chi connectivity index (χ1v) is 6.96. The number of fused-ring (bicyclic) bond motifs is 1. The Bertz CT molecular complexity index is 884. The molecular formula is C16H12F3N3O2. The Hall–Kier alpha value is -2.90. The molecule has 0 aliphatic rings. The lowest BCUT2D eigenvalue weighted by Crippen LogP contribution is -2.26. The van der Waals surface area contributed by atoms with Gasteiger partial charge in [0.15, 0.2) is 5.69 Å². The van der Waals surface area contributed by atoms with Crippen molar-refractivity contribution in [1.29, 1.82) is 0 Å². The Morgan fingerprint density at radius 1 is 1.25 bits per heavy atom. The molecule has 1 atom stereocenters. The molecule has 0 aliphatic carbocycles. The van der Waals surface area contributed by atoms with E-state index < -0.39 is 18.2 Å². The van der Waals surface area contributed by atoms with Gasteiger partial charge >= 0.3 is 12.1 Å². The van der Waals surface area contributed by atoms with Crippen molar-refractivity contribution in [2.24, 2.45) is 7.05 Å². The normalized spacial score (nSPS) is 13.0. The molecular weight excluding hydrogens is 323 g/mol. The first-order valence-electron chi connectivity index (χ1n) is 6.96. The van der Waals surface area contributed by atoms with Crippen molar-refractivity contribution in [2.75, 3.05) is 0 Å². The highest BCUT2D eigenvalue weighted by Gasteiger charge is 2.45. The lowest BCUT2D eigenvalue weighted by molar-refractivity contribution is -0.207. The molecule has 0 saturated heterocycles. The molecule has 0 radical (unpaired) electrons. The summed E-state index contributed by atoms with van der Waals surface area (Å²) in [5.41, 5.74) is -0.412. The van der Waals surface area contributed by atoms with E-state index in [2.05, 4.69) is 10.1 Å². The van der Waals surface area contributed by atoms with Gasteiger partial charge in [0.05, 0.1) is 6.20 Å². The van der Waals surface area contributed by atoms with Crippen molar-refractivity contribution in [3.8, 4) is 0 Å². The minimum absolute atomic E-state index is 0.161. The second kappa shape index (κ2) is 5.95. The van der Waals surface area contributed by atoms with E-state index in [0.29, 0.717) is 10.8 Å². The predicted molar refractivity (Wildman–Crippen MR) is 79.2 cm³/mol. The van der Waals surface area contributed by atoms with Gasteiger partial charge in [0.1, 0.15) is 0 Å². The number of rotatable bonds is 3. The molecule has 0 aliphatic heterocycles. The van der Waals surface area contributed by atoms with Crippen LogP contribution in [0, 0.1) is 0 Å². The zero-order chi connectivity index (χ0) is 17.3. The lowest BCUT2D eigenvalue weighted by Gasteiger charge is -2.19. The molecule has 0 amide bonds. The van der Waals surface area contributed by atoms with Crippen molar-refractivity contribution >= 4 is 16.7 Å². The summed E-state index contributed by atoms with van der Waals surface area (Å²) < 4.78 is 45.7. The summed E-state index contributed by atoms with van der Waals surface area (Å²) in [5, 5.41) is 4.80. The van der Waals surface area contributed by atoms with Gasteiger partial charge in [-0.2, -0.15) is 18.3 Å². The summed E-state index contributed by atoms with van der Waals surface area (Å²) in [6, 6.07) is 8.42. The van der Waals surface area contributed by atoms with Crippen LogP contribution in [0.15, 0.2) is 48.9 Å². The van der Waals surface area contributed by atoms with E-state index in [1.54, 1.807) is 30.3 Å². The van der Waals surface area contributed by atoms with Crippen LogP contribution in [0.5, 0.6) is 0 Å². The van der Waals surface area contributed by atoms with Crippen LogP contribution in [-0.2, 0) is 11.8 Å². The summed E-state index contributed by atoms with van der Waals surface area (Å²) >= 11 is 0. The third-order valence-corrected chi connectivity index (χ3v) is 3.42. The molecule has 0 bridgehead atoms. The number of hydrogen-bond acceptors (Lipinski definition) is 4. The third kappa shape index (κ3) is 3.08. The van der Waals surface area contributed by atoms with Crippen molar-refractivity contribution in [2.45, 2.75) is 12.3 Å². The average molecular weight is 335 g/mol. The number of esters is 1. The summed E-state index contributed by atoms with van der Waals surface area (Å²) in [6.07, 6.45) is -3.64. The van der Waals surface area contributed by atoms with Gasteiger partial charge in [0, 0.05) is 30.4 Å². The molecule has 0 fully saturated rings. The number of hydrogen-bond donors (Lipinski definition) is 0. The van der Waals surface area contributed by atoms with Gasteiger partial charge in [-0.3, -0.25) is 4.68 Å². The van der Waals surface area contributed by atoms with E-state index in [4.69, 9.17) is 4.74 Å². The number of pyridine rings is 1. The first-order chi connectivity index (χ1) is 11.4. The second-order valence-corrected chi connectivity index (χ2v) is 5.15. The van der Waals surface area contributed by atoms with Gasteiger partial charge in [0.2, 0.25) is 6.10 Å². The number of benzene rings is 1. The van der Waals surface area contributed by atoms with Crippen molar-refractivity contribution < 1.29 is 22.7 Å². The summed E-state index contributed by atoms with van der Waals surface area (Å²) in [6.45, 7) is 0. The molecule has 0 spiro atoms.